The van der Waals surface area contributed by atoms with Crippen LogP contribution in [-0.2, 0) is 9.32 Å². The van der Waals surface area contributed by atoms with E-state index >= 15 is 0 Å². The molecule has 0 bridgehead atoms. The van der Waals surface area contributed by atoms with Crippen LogP contribution in [0.3, 0.4) is 0 Å². The number of hydrogen-bond donors (Lipinski definition) is 0. The van der Waals surface area contributed by atoms with E-state index in [0.717, 1.165) is 46.8 Å². The molecule has 0 N–H and O–H groups in total. The molecule has 2 nitrogen and oxygen atoms in total. The summed E-state index contributed by atoms with van der Waals surface area (Å²) in [5.41, 5.74) is 4.78. The van der Waals surface area contributed by atoms with Crippen LogP contribution < -0.4 is 0 Å². The zero-order valence-corrected chi connectivity index (χ0v) is 21.0. The van der Waals surface area contributed by atoms with Crippen LogP contribution in [0.1, 0.15) is 69.6 Å². The van der Waals surface area contributed by atoms with Crippen molar-refractivity contribution in [1.82, 2.24) is 0 Å². The zero-order chi connectivity index (χ0) is 23.5. The van der Waals surface area contributed by atoms with Gasteiger partial charge in [0.1, 0.15) is 8.81 Å². The lowest BCUT2D eigenvalue weighted by Gasteiger charge is -2.18. The molecule has 0 aliphatic rings. The molecule has 0 aliphatic carbocycles. The Hall–Kier alpha value is -2.70. The molecule has 0 amide bonds. The highest BCUT2D eigenvalue weighted by atomic mass is 31.1. The highest BCUT2D eigenvalue weighted by Gasteiger charge is 2.16. The number of rotatable bonds is 10. The average Bonchev–Trinajstić information content (AvgIpc) is 2.82. The maximum Gasteiger partial charge on any atom is 0.308 e. The second-order valence-electron chi connectivity index (χ2n) is 9.55. The molecule has 33 heavy (non-hydrogen) atoms. The first kappa shape index (κ1) is 24.9. The third-order valence-corrected chi connectivity index (χ3v) is 6.58. The molecular weight excluding hydrogens is 423 g/mol. The molecule has 0 spiro atoms. The molecule has 3 aromatic carbocycles. The van der Waals surface area contributed by atoms with E-state index in [1.807, 2.05) is 54.6 Å². The minimum atomic E-state index is -0.113. The predicted octanol–water partition coefficient (Wildman–Crippen LogP) is 8.74. The lowest BCUT2D eigenvalue weighted by Crippen LogP contribution is -2.04. The molecule has 0 heterocycles. The van der Waals surface area contributed by atoms with Gasteiger partial charge in [0.2, 0.25) is 0 Å². The van der Waals surface area contributed by atoms with Gasteiger partial charge in [0, 0.05) is 17.3 Å². The molecule has 3 heteroatoms. The van der Waals surface area contributed by atoms with Gasteiger partial charge in [-0.05, 0) is 34.9 Å². The van der Waals surface area contributed by atoms with Gasteiger partial charge in [-0.25, -0.2) is 0 Å². The molecular formula is C30H35O2P. The Kier molecular flexibility index (Phi) is 9.46. The SMILES string of the molecule is CC(C)(C)CCCCCC(=O)OPC(=C(c1ccccc1)c1ccccc1)c1ccccc1. The maximum atomic E-state index is 12.6. The normalized spacial score (nSPS) is 11.5. The van der Waals surface area contributed by atoms with Crippen LogP contribution in [0.15, 0.2) is 91.0 Å². The monoisotopic (exact) mass is 458 g/mol. The largest absolute Gasteiger partial charge is 0.443 e. The van der Waals surface area contributed by atoms with Gasteiger partial charge in [-0.1, -0.05) is 125 Å². The molecule has 3 rings (SSSR count). The molecule has 0 saturated carbocycles. The fraction of sp³-hybridized carbons (Fsp3) is 0.300. The van der Waals surface area contributed by atoms with Crippen LogP contribution in [-0.4, -0.2) is 5.97 Å². The van der Waals surface area contributed by atoms with Crippen LogP contribution in [0, 0.1) is 5.41 Å². The summed E-state index contributed by atoms with van der Waals surface area (Å²) in [5.74, 6) is -0.113. The van der Waals surface area contributed by atoms with E-state index in [4.69, 9.17) is 4.52 Å². The first-order valence-corrected chi connectivity index (χ1v) is 12.7. The van der Waals surface area contributed by atoms with E-state index in [1.165, 1.54) is 6.42 Å². The van der Waals surface area contributed by atoms with Gasteiger partial charge in [0.25, 0.3) is 0 Å². The van der Waals surface area contributed by atoms with Crippen molar-refractivity contribution in [3.63, 3.8) is 0 Å². The van der Waals surface area contributed by atoms with E-state index in [0.29, 0.717) is 11.8 Å². The highest BCUT2D eigenvalue weighted by molar-refractivity contribution is 7.46. The average molecular weight is 459 g/mol. The Labute approximate surface area is 201 Å². The molecule has 3 aromatic rings. The molecule has 0 radical (unpaired) electrons. The Morgan fingerprint density at radius 2 is 1.18 bits per heavy atom. The van der Waals surface area contributed by atoms with Gasteiger partial charge in [0.05, 0.1) is 0 Å². The topological polar surface area (TPSA) is 26.3 Å². The van der Waals surface area contributed by atoms with Crippen molar-refractivity contribution in [2.24, 2.45) is 5.41 Å². The Balaban J connectivity index is 1.81. The van der Waals surface area contributed by atoms with Crippen molar-refractivity contribution in [2.75, 3.05) is 0 Å². The summed E-state index contributed by atoms with van der Waals surface area (Å²) in [5, 5.41) is 1.05. The molecule has 0 aromatic heterocycles. The van der Waals surface area contributed by atoms with E-state index in [2.05, 4.69) is 57.2 Å². The Morgan fingerprint density at radius 1 is 0.697 bits per heavy atom. The lowest BCUT2D eigenvalue weighted by atomic mass is 9.89. The molecule has 0 aliphatic heterocycles. The number of unbranched alkanes of at least 4 members (excludes halogenated alkanes) is 2. The van der Waals surface area contributed by atoms with Gasteiger partial charge >= 0.3 is 5.97 Å². The maximum absolute atomic E-state index is 12.6. The van der Waals surface area contributed by atoms with Crippen LogP contribution >= 0.6 is 8.81 Å². The van der Waals surface area contributed by atoms with E-state index < -0.39 is 0 Å². The fourth-order valence-electron chi connectivity index (χ4n) is 3.78. The molecule has 0 fully saturated rings. The van der Waals surface area contributed by atoms with Gasteiger partial charge < -0.3 is 4.52 Å². The summed E-state index contributed by atoms with van der Waals surface area (Å²) in [6, 6.07) is 31.0. The van der Waals surface area contributed by atoms with Crippen molar-refractivity contribution < 1.29 is 9.32 Å². The van der Waals surface area contributed by atoms with E-state index in [9.17, 15) is 4.79 Å². The first-order chi connectivity index (χ1) is 15.9. The number of hydrogen-bond acceptors (Lipinski definition) is 2. The van der Waals surface area contributed by atoms with E-state index in [1.54, 1.807) is 0 Å². The lowest BCUT2D eigenvalue weighted by molar-refractivity contribution is -0.133. The minimum absolute atomic E-state index is 0.0543. The van der Waals surface area contributed by atoms with Crippen molar-refractivity contribution in [1.29, 1.82) is 0 Å². The Morgan fingerprint density at radius 3 is 1.67 bits per heavy atom. The third kappa shape index (κ3) is 8.30. The standard InChI is InChI=1S/C30H35O2P/c1-30(2,3)23-15-7-14-22-27(31)32-33-29(26-20-12-6-13-21-26)28(24-16-8-4-9-17-24)25-18-10-5-11-19-25/h4-6,8-13,16-21,33H,7,14-15,22-23H2,1-3H3. The van der Waals surface area contributed by atoms with Crippen molar-refractivity contribution in [3.8, 4) is 0 Å². The van der Waals surface area contributed by atoms with Crippen molar-refractivity contribution in [3.05, 3.63) is 108 Å². The number of benzene rings is 3. The van der Waals surface area contributed by atoms with Crippen molar-refractivity contribution in [2.45, 2.75) is 52.9 Å². The minimum Gasteiger partial charge on any atom is -0.443 e. The summed E-state index contributed by atoms with van der Waals surface area (Å²) in [4.78, 5) is 12.6. The summed E-state index contributed by atoms with van der Waals surface area (Å²) in [6.07, 6.45) is 4.76. The summed E-state index contributed by atoms with van der Waals surface area (Å²) >= 11 is 0. The van der Waals surface area contributed by atoms with Crippen molar-refractivity contribution >= 4 is 25.7 Å². The number of carbonyl (C=O) groups is 1. The summed E-state index contributed by atoms with van der Waals surface area (Å²) in [7, 11) is -0.0543. The smallest absolute Gasteiger partial charge is 0.308 e. The molecule has 172 valence electrons. The second kappa shape index (κ2) is 12.5. The van der Waals surface area contributed by atoms with Gasteiger partial charge in [0.15, 0.2) is 0 Å². The van der Waals surface area contributed by atoms with Gasteiger partial charge in [-0.2, -0.15) is 0 Å². The fourth-order valence-corrected chi connectivity index (χ4v) is 4.78. The zero-order valence-electron chi connectivity index (χ0n) is 20.0. The molecule has 1 unspecified atom stereocenters. The van der Waals surface area contributed by atoms with Crippen LogP contribution in [0.4, 0.5) is 0 Å². The van der Waals surface area contributed by atoms with E-state index in [-0.39, 0.29) is 14.8 Å². The predicted molar refractivity (Wildman–Crippen MR) is 142 cm³/mol. The van der Waals surface area contributed by atoms with Crippen LogP contribution in [0.5, 0.6) is 0 Å². The van der Waals surface area contributed by atoms with Crippen LogP contribution in [0.2, 0.25) is 0 Å². The quantitative estimate of drug-likeness (QED) is 0.172. The molecule has 1 atom stereocenters. The molecule has 0 saturated heterocycles. The van der Waals surface area contributed by atoms with Gasteiger partial charge in [-0.15, -0.1) is 0 Å². The highest BCUT2D eigenvalue weighted by Crippen LogP contribution is 2.43. The number of carbonyl (C=O) groups excluding carboxylic acids is 1. The third-order valence-electron chi connectivity index (χ3n) is 5.51. The van der Waals surface area contributed by atoms with Crippen LogP contribution in [0.25, 0.3) is 10.9 Å². The van der Waals surface area contributed by atoms with Gasteiger partial charge in [-0.3, -0.25) is 4.79 Å². The summed E-state index contributed by atoms with van der Waals surface area (Å²) in [6.45, 7) is 6.78. The first-order valence-electron chi connectivity index (χ1n) is 11.8. The Bertz CT molecular complexity index is 978. The summed E-state index contributed by atoms with van der Waals surface area (Å²) < 4.78 is 5.86. The second-order valence-corrected chi connectivity index (χ2v) is 10.5.